The minimum absolute atomic E-state index is 0.221. The van der Waals surface area contributed by atoms with Gasteiger partial charge in [0.15, 0.2) is 5.65 Å². The number of anilines is 1. The molecule has 0 spiro atoms. The Hall–Kier alpha value is -3.19. The van der Waals surface area contributed by atoms with Gasteiger partial charge in [-0.2, -0.15) is 0 Å². The molecule has 4 aromatic rings. The summed E-state index contributed by atoms with van der Waals surface area (Å²) in [5.41, 5.74) is 2.59. The first kappa shape index (κ1) is 27.4. The van der Waals surface area contributed by atoms with Crippen LogP contribution in [0.3, 0.4) is 0 Å². The number of amides is 1. The van der Waals surface area contributed by atoms with Crippen LogP contribution in [-0.2, 0) is 14.8 Å². The summed E-state index contributed by atoms with van der Waals surface area (Å²) < 4.78 is 34.1. The number of aryl methyl sites for hydroxylation is 1. The smallest absolute Gasteiger partial charge is 0.410 e. The van der Waals surface area contributed by atoms with Crippen molar-refractivity contribution in [2.24, 2.45) is 0 Å². The Balaban J connectivity index is 1.33. The Morgan fingerprint density at radius 2 is 1.62 bits per heavy atom. The van der Waals surface area contributed by atoms with Gasteiger partial charge in [-0.3, -0.25) is 0 Å². The predicted molar refractivity (Wildman–Crippen MR) is 159 cm³/mol. The van der Waals surface area contributed by atoms with Crippen LogP contribution >= 0.6 is 22.6 Å². The van der Waals surface area contributed by atoms with E-state index in [1.807, 2.05) is 45.9 Å². The molecule has 39 heavy (non-hydrogen) atoms. The summed E-state index contributed by atoms with van der Waals surface area (Å²) >= 11 is 2.14. The molecule has 0 bridgehead atoms. The van der Waals surface area contributed by atoms with Crippen LogP contribution in [0.2, 0.25) is 0 Å². The molecule has 0 atom stereocenters. The second-order valence-electron chi connectivity index (χ2n) is 10.5. The Morgan fingerprint density at radius 3 is 2.23 bits per heavy atom. The summed E-state index contributed by atoms with van der Waals surface area (Å²) in [6.45, 7) is 9.98. The lowest BCUT2D eigenvalue weighted by molar-refractivity contribution is 0.0240. The summed E-state index contributed by atoms with van der Waals surface area (Å²) in [6.07, 6.45) is 4.79. The third kappa shape index (κ3) is 5.74. The number of ether oxygens (including phenoxy) is 1. The molecule has 0 N–H and O–H groups in total. The van der Waals surface area contributed by atoms with Crippen LogP contribution in [0.25, 0.3) is 22.2 Å². The average Bonchev–Trinajstić information content (AvgIpc) is 3.25. The molecule has 0 aliphatic carbocycles. The van der Waals surface area contributed by atoms with Gasteiger partial charge in [-0.1, -0.05) is 17.7 Å². The van der Waals surface area contributed by atoms with Crippen molar-refractivity contribution in [2.75, 3.05) is 31.1 Å². The van der Waals surface area contributed by atoms with Gasteiger partial charge >= 0.3 is 6.09 Å². The molecule has 1 aromatic carbocycles. The molecule has 1 aliphatic rings. The predicted octanol–water partition coefficient (Wildman–Crippen LogP) is 5.31. The zero-order valence-electron chi connectivity index (χ0n) is 22.3. The van der Waals surface area contributed by atoms with E-state index < -0.39 is 15.6 Å². The fourth-order valence-corrected chi connectivity index (χ4v) is 6.58. The molecule has 9 nitrogen and oxygen atoms in total. The van der Waals surface area contributed by atoms with E-state index in [1.165, 1.54) is 3.97 Å². The minimum atomic E-state index is -3.78. The highest BCUT2D eigenvalue weighted by Gasteiger charge is 2.26. The topological polar surface area (TPSA) is 97.6 Å². The van der Waals surface area contributed by atoms with Crippen LogP contribution in [0.1, 0.15) is 26.3 Å². The number of fused-ring (bicyclic) bond motifs is 1. The van der Waals surface area contributed by atoms with E-state index >= 15 is 0 Å². The van der Waals surface area contributed by atoms with E-state index in [0.717, 1.165) is 31.5 Å². The number of hydrogen-bond acceptors (Lipinski definition) is 7. The zero-order valence-corrected chi connectivity index (χ0v) is 25.2. The van der Waals surface area contributed by atoms with Crippen LogP contribution in [0.4, 0.5) is 10.6 Å². The molecule has 4 heterocycles. The molecular formula is C28H30IN5O4S. The highest BCUT2D eigenvalue weighted by Crippen LogP contribution is 2.30. The lowest BCUT2D eigenvalue weighted by Crippen LogP contribution is -2.50. The molecule has 0 unspecified atom stereocenters. The van der Waals surface area contributed by atoms with Crippen molar-refractivity contribution in [2.45, 2.75) is 38.2 Å². The lowest BCUT2D eigenvalue weighted by atomic mass is 10.1. The number of piperazine rings is 1. The Labute approximate surface area is 242 Å². The molecule has 5 rings (SSSR count). The third-order valence-corrected chi connectivity index (χ3v) is 9.00. The van der Waals surface area contributed by atoms with Crippen molar-refractivity contribution in [1.82, 2.24) is 18.8 Å². The van der Waals surface area contributed by atoms with Gasteiger partial charge in [0.2, 0.25) is 0 Å². The quantitative estimate of drug-likeness (QED) is 0.274. The van der Waals surface area contributed by atoms with Crippen LogP contribution in [0.15, 0.2) is 66.0 Å². The molecule has 204 valence electrons. The Kier molecular flexibility index (Phi) is 7.31. The number of aromatic nitrogens is 3. The van der Waals surface area contributed by atoms with Crippen molar-refractivity contribution in [1.29, 1.82) is 0 Å². The van der Waals surface area contributed by atoms with Gasteiger partial charge in [0, 0.05) is 64.9 Å². The van der Waals surface area contributed by atoms with Crippen molar-refractivity contribution in [3.63, 3.8) is 0 Å². The number of carbonyl (C=O) groups is 1. The number of pyridine rings is 2. The largest absolute Gasteiger partial charge is 0.444 e. The summed E-state index contributed by atoms with van der Waals surface area (Å²) in [4.78, 5) is 25.6. The molecule has 11 heteroatoms. The number of hydrogen-bond donors (Lipinski definition) is 0. The minimum Gasteiger partial charge on any atom is -0.444 e. The van der Waals surface area contributed by atoms with Gasteiger partial charge < -0.3 is 14.5 Å². The van der Waals surface area contributed by atoms with Crippen molar-refractivity contribution < 1.29 is 17.9 Å². The van der Waals surface area contributed by atoms with Crippen LogP contribution in [0.5, 0.6) is 0 Å². The average molecular weight is 660 g/mol. The van der Waals surface area contributed by atoms with Crippen molar-refractivity contribution in [3.8, 4) is 11.1 Å². The second kappa shape index (κ2) is 10.4. The second-order valence-corrected chi connectivity index (χ2v) is 13.5. The van der Waals surface area contributed by atoms with Gasteiger partial charge in [-0.15, -0.1) is 0 Å². The van der Waals surface area contributed by atoms with E-state index in [2.05, 4.69) is 37.5 Å². The standard InChI is InChI=1S/C28H30IN5O4S/c1-19-5-8-22(9-6-19)39(36,37)34-18-24(29)23-15-21(17-31-26(23)34)20-7-10-25(30-16-20)32-11-13-33(14-12-32)27(35)38-28(2,3)4/h5-10,15-18H,11-14H2,1-4H3. The number of nitrogens with zero attached hydrogens (tertiary/aromatic N) is 5. The fourth-order valence-electron chi connectivity index (χ4n) is 4.40. The number of rotatable bonds is 4. The summed E-state index contributed by atoms with van der Waals surface area (Å²) in [7, 11) is -3.78. The van der Waals surface area contributed by atoms with E-state index in [9.17, 15) is 13.2 Å². The summed E-state index contributed by atoms with van der Waals surface area (Å²) in [6, 6.07) is 12.7. The van der Waals surface area contributed by atoms with Crippen LogP contribution in [-0.4, -0.2) is 65.1 Å². The van der Waals surface area contributed by atoms with E-state index in [1.54, 1.807) is 47.8 Å². The maximum atomic E-state index is 13.3. The van der Waals surface area contributed by atoms with E-state index in [-0.39, 0.29) is 11.0 Å². The highest BCUT2D eigenvalue weighted by atomic mass is 127. The number of carbonyl (C=O) groups excluding carboxylic acids is 1. The SMILES string of the molecule is Cc1ccc(S(=O)(=O)n2cc(I)c3cc(-c4ccc(N5CCN(C(=O)OC(C)(C)C)CC5)nc4)cnc32)cc1. The summed E-state index contributed by atoms with van der Waals surface area (Å²) in [5, 5.41) is 0.756. The zero-order chi connectivity index (χ0) is 27.9. The van der Waals surface area contributed by atoms with Gasteiger partial charge in [0.05, 0.1) is 4.90 Å². The lowest BCUT2D eigenvalue weighted by Gasteiger charge is -2.36. The van der Waals surface area contributed by atoms with Crippen molar-refractivity contribution >= 4 is 55.6 Å². The van der Waals surface area contributed by atoms with E-state index in [4.69, 9.17) is 4.74 Å². The number of halogens is 1. The highest BCUT2D eigenvalue weighted by molar-refractivity contribution is 14.1. The molecule has 0 radical (unpaired) electrons. The maximum absolute atomic E-state index is 13.3. The Morgan fingerprint density at radius 1 is 0.949 bits per heavy atom. The van der Waals surface area contributed by atoms with Crippen LogP contribution < -0.4 is 4.90 Å². The molecule has 0 saturated carbocycles. The first-order chi connectivity index (χ1) is 18.4. The van der Waals surface area contributed by atoms with Crippen LogP contribution in [0, 0.1) is 10.5 Å². The first-order valence-corrected chi connectivity index (χ1v) is 15.1. The maximum Gasteiger partial charge on any atom is 0.410 e. The fraction of sp³-hybridized carbons (Fsp3) is 0.321. The Bertz CT molecular complexity index is 1620. The number of benzene rings is 1. The van der Waals surface area contributed by atoms with Crippen molar-refractivity contribution in [3.05, 3.63) is 70.2 Å². The van der Waals surface area contributed by atoms with E-state index in [0.29, 0.717) is 31.8 Å². The molecule has 1 fully saturated rings. The molecule has 3 aromatic heterocycles. The first-order valence-electron chi connectivity index (χ1n) is 12.6. The van der Waals surface area contributed by atoms with Gasteiger partial charge in [-0.25, -0.2) is 27.2 Å². The molecule has 1 aliphatic heterocycles. The molecular weight excluding hydrogens is 629 g/mol. The van der Waals surface area contributed by atoms with Gasteiger partial charge in [0.1, 0.15) is 11.4 Å². The molecule has 1 saturated heterocycles. The molecule has 1 amide bonds. The normalized spacial score (nSPS) is 14.6. The monoisotopic (exact) mass is 659 g/mol. The third-order valence-electron chi connectivity index (χ3n) is 6.48. The van der Waals surface area contributed by atoms with Gasteiger partial charge in [0.25, 0.3) is 10.0 Å². The van der Waals surface area contributed by atoms with Gasteiger partial charge in [-0.05, 0) is 80.6 Å². The summed E-state index contributed by atoms with van der Waals surface area (Å²) in [5.74, 6) is 0.835.